The lowest BCUT2D eigenvalue weighted by Crippen LogP contribution is -2.33. The van der Waals surface area contributed by atoms with Gasteiger partial charge in [-0.1, -0.05) is 63.2 Å². The number of fused-ring (bicyclic) bond motifs is 1. The van der Waals surface area contributed by atoms with Gasteiger partial charge in [0.15, 0.2) is 0 Å². The maximum absolute atomic E-state index is 11.2. The highest BCUT2D eigenvalue weighted by molar-refractivity contribution is 5.91. The van der Waals surface area contributed by atoms with Crippen LogP contribution in [0.2, 0.25) is 0 Å². The van der Waals surface area contributed by atoms with Gasteiger partial charge in [-0.2, -0.15) is 0 Å². The number of azide groups is 1. The molecule has 0 atom stereocenters. The predicted octanol–water partition coefficient (Wildman–Crippen LogP) is 7.24. The van der Waals surface area contributed by atoms with Gasteiger partial charge in [-0.3, -0.25) is 0 Å². The molecule has 2 aromatic carbocycles. The molecule has 0 fully saturated rings. The topological polar surface area (TPSA) is 86.1 Å². The molecule has 5 nitrogen and oxygen atoms in total. The van der Waals surface area contributed by atoms with Crippen LogP contribution in [0.4, 0.5) is 5.69 Å². The maximum Gasteiger partial charge on any atom is 0.335 e. The lowest BCUT2D eigenvalue weighted by Gasteiger charge is -2.42. The Morgan fingerprint density at radius 2 is 1.66 bits per heavy atom. The second kappa shape index (κ2) is 7.41. The van der Waals surface area contributed by atoms with E-state index in [-0.39, 0.29) is 16.4 Å². The third kappa shape index (κ3) is 4.06. The van der Waals surface area contributed by atoms with Gasteiger partial charge >= 0.3 is 5.97 Å². The van der Waals surface area contributed by atoms with Gasteiger partial charge < -0.3 is 5.11 Å². The van der Waals surface area contributed by atoms with E-state index >= 15 is 0 Å². The summed E-state index contributed by atoms with van der Waals surface area (Å²) in [5.74, 6) is -1.05. The average Bonchev–Trinajstić information content (AvgIpc) is 2.66. The van der Waals surface area contributed by atoms with Crippen molar-refractivity contribution in [3.8, 4) is 0 Å². The van der Waals surface area contributed by atoms with Crippen molar-refractivity contribution >= 4 is 23.3 Å². The fraction of sp³-hybridized carbons (Fsp3) is 0.375. The number of nitrogens with zero attached hydrogens (tertiary/aromatic N) is 3. The molecule has 0 saturated carbocycles. The van der Waals surface area contributed by atoms with Crippen molar-refractivity contribution in [2.75, 3.05) is 0 Å². The largest absolute Gasteiger partial charge is 0.478 e. The molecular formula is C24H27N3O2. The molecular weight excluding hydrogens is 362 g/mol. The lowest BCUT2D eigenvalue weighted by atomic mass is 9.63. The minimum atomic E-state index is -1.05. The number of aromatic carboxylic acids is 1. The number of allylic oxidation sites excluding steroid dienone is 1. The molecule has 0 unspecified atom stereocenters. The van der Waals surface area contributed by atoms with Crippen LogP contribution in [-0.2, 0) is 10.8 Å². The van der Waals surface area contributed by atoms with Gasteiger partial charge in [-0.05, 0) is 76.1 Å². The van der Waals surface area contributed by atoms with Gasteiger partial charge in [0.2, 0.25) is 0 Å². The summed E-state index contributed by atoms with van der Waals surface area (Å²) in [4.78, 5) is 14.1. The van der Waals surface area contributed by atoms with Crippen LogP contribution in [0.25, 0.3) is 22.1 Å². The summed E-state index contributed by atoms with van der Waals surface area (Å²) >= 11 is 0. The first-order valence-corrected chi connectivity index (χ1v) is 9.81. The zero-order valence-corrected chi connectivity index (χ0v) is 17.7. The molecule has 0 saturated heterocycles. The Morgan fingerprint density at radius 3 is 2.28 bits per heavy atom. The first kappa shape index (κ1) is 20.7. The molecule has 1 N–H and O–H groups in total. The third-order valence-corrected chi connectivity index (χ3v) is 6.11. The molecule has 0 radical (unpaired) electrons. The number of hydrogen-bond donors (Lipinski definition) is 1. The highest BCUT2D eigenvalue weighted by Crippen LogP contribution is 2.46. The number of benzene rings is 2. The van der Waals surface area contributed by atoms with E-state index in [0.29, 0.717) is 11.3 Å². The minimum Gasteiger partial charge on any atom is -0.478 e. The van der Waals surface area contributed by atoms with E-state index in [2.05, 4.69) is 55.9 Å². The average molecular weight is 389 g/mol. The molecule has 150 valence electrons. The van der Waals surface area contributed by atoms with Gasteiger partial charge in [0.05, 0.1) is 5.56 Å². The Morgan fingerprint density at radius 1 is 1.03 bits per heavy atom. The minimum absolute atomic E-state index is 0.0972. The van der Waals surface area contributed by atoms with Crippen LogP contribution in [0.3, 0.4) is 0 Å². The summed E-state index contributed by atoms with van der Waals surface area (Å²) in [5.41, 5.74) is 15.2. The quantitative estimate of drug-likeness (QED) is 0.259. The van der Waals surface area contributed by atoms with Crippen molar-refractivity contribution in [2.24, 2.45) is 5.11 Å². The van der Waals surface area contributed by atoms with Crippen molar-refractivity contribution in [3.63, 3.8) is 0 Å². The second-order valence-corrected chi connectivity index (χ2v) is 9.12. The van der Waals surface area contributed by atoms with Gasteiger partial charge in [0.1, 0.15) is 0 Å². The second-order valence-electron chi connectivity index (χ2n) is 9.12. The molecule has 0 aromatic heterocycles. The van der Waals surface area contributed by atoms with E-state index in [1.54, 1.807) is 6.07 Å². The molecule has 0 bridgehead atoms. The lowest BCUT2D eigenvalue weighted by molar-refractivity contribution is 0.0697. The summed E-state index contributed by atoms with van der Waals surface area (Å²) in [7, 11) is 0. The van der Waals surface area contributed by atoms with E-state index in [1.807, 2.05) is 13.0 Å². The SMILES string of the molecule is C/C(=C/c1ccc(C(=O)O)cc1N=[N+]=[N-])c1ccc2c(c1)C(C)(C)CCC2(C)C. The molecule has 1 aliphatic rings. The summed E-state index contributed by atoms with van der Waals surface area (Å²) < 4.78 is 0. The predicted molar refractivity (Wildman–Crippen MR) is 117 cm³/mol. The molecule has 2 aromatic rings. The Labute approximate surface area is 171 Å². The molecule has 29 heavy (non-hydrogen) atoms. The van der Waals surface area contributed by atoms with E-state index < -0.39 is 5.97 Å². The van der Waals surface area contributed by atoms with Crippen LogP contribution in [-0.4, -0.2) is 11.1 Å². The maximum atomic E-state index is 11.2. The Balaban J connectivity index is 2.08. The Kier molecular flexibility index (Phi) is 5.29. The van der Waals surface area contributed by atoms with E-state index in [1.165, 1.54) is 29.7 Å². The first-order valence-electron chi connectivity index (χ1n) is 9.81. The van der Waals surface area contributed by atoms with Crippen molar-refractivity contribution in [3.05, 3.63) is 74.7 Å². The van der Waals surface area contributed by atoms with Crippen LogP contribution >= 0.6 is 0 Å². The number of hydrogen-bond acceptors (Lipinski definition) is 2. The summed E-state index contributed by atoms with van der Waals surface area (Å²) in [6.07, 6.45) is 4.27. The summed E-state index contributed by atoms with van der Waals surface area (Å²) in [6.45, 7) is 11.2. The fourth-order valence-electron chi connectivity index (χ4n) is 4.08. The van der Waals surface area contributed by atoms with Crippen LogP contribution in [0.1, 0.15) is 80.1 Å². The van der Waals surface area contributed by atoms with Crippen LogP contribution < -0.4 is 0 Å². The highest BCUT2D eigenvalue weighted by Gasteiger charge is 2.36. The monoisotopic (exact) mass is 389 g/mol. The fourth-order valence-corrected chi connectivity index (χ4v) is 4.08. The number of rotatable bonds is 4. The van der Waals surface area contributed by atoms with Gasteiger partial charge in [0.25, 0.3) is 0 Å². The normalized spacial score (nSPS) is 17.2. The summed E-state index contributed by atoms with van der Waals surface area (Å²) in [6, 6.07) is 11.3. The molecule has 0 heterocycles. The number of carboxylic acids is 1. The van der Waals surface area contributed by atoms with Crippen LogP contribution in [0, 0.1) is 0 Å². The highest BCUT2D eigenvalue weighted by atomic mass is 16.4. The standard InChI is InChI=1S/C24H27N3O2/c1-15(12-17-6-7-18(22(28)29)14-21(17)26-27-25)16-8-9-19-20(13-16)24(4,5)11-10-23(19,2)3/h6-9,12-14H,10-11H2,1-5H3,(H,28,29)/b15-12-. The zero-order chi connectivity index (χ0) is 21.4. The van der Waals surface area contributed by atoms with E-state index in [4.69, 9.17) is 5.53 Å². The zero-order valence-electron chi connectivity index (χ0n) is 17.7. The summed E-state index contributed by atoms with van der Waals surface area (Å²) in [5, 5.41) is 12.9. The van der Waals surface area contributed by atoms with Crippen LogP contribution in [0.5, 0.6) is 0 Å². The first-order chi connectivity index (χ1) is 13.5. The Hall–Kier alpha value is -3.04. The molecule has 1 aliphatic carbocycles. The van der Waals surface area contributed by atoms with Crippen molar-refractivity contribution in [2.45, 2.75) is 58.3 Å². The van der Waals surface area contributed by atoms with Crippen molar-refractivity contribution < 1.29 is 9.90 Å². The van der Waals surface area contributed by atoms with E-state index in [9.17, 15) is 9.90 Å². The smallest absolute Gasteiger partial charge is 0.335 e. The molecule has 0 spiro atoms. The van der Waals surface area contributed by atoms with Crippen molar-refractivity contribution in [1.29, 1.82) is 0 Å². The van der Waals surface area contributed by atoms with Gasteiger partial charge in [0, 0.05) is 10.6 Å². The molecule has 0 aliphatic heterocycles. The number of carboxylic acid groups (broad SMARTS) is 1. The van der Waals surface area contributed by atoms with Crippen LogP contribution in [0.15, 0.2) is 41.5 Å². The van der Waals surface area contributed by atoms with E-state index in [0.717, 1.165) is 17.6 Å². The van der Waals surface area contributed by atoms with Crippen molar-refractivity contribution in [1.82, 2.24) is 0 Å². The molecule has 0 amide bonds. The Bertz CT molecular complexity index is 1060. The van der Waals surface area contributed by atoms with Gasteiger partial charge in [-0.25, -0.2) is 4.79 Å². The third-order valence-electron chi connectivity index (χ3n) is 6.11. The number of carbonyl (C=O) groups is 1. The van der Waals surface area contributed by atoms with Gasteiger partial charge in [-0.15, -0.1) is 0 Å². The molecule has 3 rings (SSSR count). The molecule has 5 heteroatoms.